The summed E-state index contributed by atoms with van der Waals surface area (Å²) in [6.45, 7) is 0.823. The Bertz CT molecular complexity index is 433. The van der Waals surface area contributed by atoms with Crippen LogP contribution in [-0.4, -0.2) is 32.1 Å². The smallest absolute Gasteiger partial charge is 0.210 e. The molecule has 1 saturated heterocycles. The Morgan fingerprint density at radius 2 is 2.05 bits per heavy atom. The summed E-state index contributed by atoms with van der Waals surface area (Å²) in [6.07, 6.45) is 5.35. The highest BCUT2D eigenvalue weighted by molar-refractivity contribution is 5.51. The number of rotatable bonds is 4. The fourth-order valence-electron chi connectivity index (χ4n) is 2.68. The highest BCUT2D eigenvalue weighted by Crippen LogP contribution is 2.36. The number of nitrogens with zero attached hydrogens (tertiary/aromatic N) is 1. The van der Waals surface area contributed by atoms with Crippen molar-refractivity contribution in [2.75, 3.05) is 20.8 Å². The number of hydrogen-bond donors (Lipinski definition) is 0. The summed E-state index contributed by atoms with van der Waals surface area (Å²) in [4.78, 5) is 13.2. The molecule has 104 valence electrons. The molecule has 0 radical (unpaired) electrons. The normalized spacial score (nSPS) is 19.7. The number of methoxy groups -OCH3 is 2. The predicted molar refractivity (Wildman–Crippen MR) is 73.5 cm³/mol. The molecule has 0 aromatic heterocycles. The van der Waals surface area contributed by atoms with Crippen LogP contribution in [0.25, 0.3) is 0 Å². The van der Waals surface area contributed by atoms with Crippen molar-refractivity contribution in [2.45, 2.75) is 31.7 Å². The molecule has 1 heterocycles. The minimum atomic E-state index is 0.112. The average molecular weight is 263 g/mol. The molecule has 4 heteroatoms. The molecule has 1 aliphatic rings. The van der Waals surface area contributed by atoms with Crippen molar-refractivity contribution in [3.63, 3.8) is 0 Å². The maximum atomic E-state index is 11.3. The van der Waals surface area contributed by atoms with Crippen LogP contribution in [0.2, 0.25) is 0 Å². The van der Waals surface area contributed by atoms with Gasteiger partial charge in [0.1, 0.15) is 11.5 Å². The lowest BCUT2D eigenvalue weighted by Crippen LogP contribution is -2.27. The van der Waals surface area contributed by atoms with E-state index in [4.69, 9.17) is 9.47 Å². The van der Waals surface area contributed by atoms with Crippen molar-refractivity contribution in [3.8, 4) is 11.5 Å². The van der Waals surface area contributed by atoms with E-state index < -0.39 is 0 Å². The Labute approximate surface area is 114 Å². The average Bonchev–Trinajstić information content (AvgIpc) is 2.71. The third-order valence-corrected chi connectivity index (χ3v) is 3.73. The van der Waals surface area contributed by atoms with Crippen LogP contribution in [0.1, 0.15) is 37.3 Å². The van der Waals surface area contributed by atoms with Gasteiger partial charge in [-0.05, 0) is 25.0 Å². The summed E-state index contributed by atoms with van der Waals surface area (Å²) < 4.78 is 10.7. The Morgan fingerprint density at radius 3 is 2.74 bits per heavy atom. The van der Waals surface area contributed by atoms with Crippen molar-refractivity contribution < 1.29 is 14.3 Å². The van der Waals surface area contributed by atoms with E-state index in [0.717, 1.165) is 49.3 Å². The summed E-state index contributed by atoms with van der Waals surface area (Å²) in [5.74, 6) is 1.56. The molecule has 1 aromatic rings. The summed E-state index contributed by atoms with van der Waals surface area (Å²) in [6, 6.07) is 5.92. The minimum Gasteiger partial charge on any atom is -0.497 e. The van der Waals surface area contributed by atoms with E-state index in [9.17, 15) is 4.79 Å². The van der Waals surface area contributed by atoms with Crippen LogP contribution in [0.5, 0.6) is 11.5 Å². The highest BCUT2D eigenvalue weighted by atomic mass is 16.5. The van der Waals surface area contributed by atoms with Gasteiger partial charge in [-0.15, -0.1) is 0 Å². The van der Waals surface area contributed by atoms with E-state index in [1.807, 2.05) is 23.1 Å². The molecule has 4 nitrogen and oxygen atoms in total. The number of hydrogen-bond acceptors (Lipinski definition) is 3. The molecule has 0 saturated carbocycles. The first kappa shape index (κ1) is 13.7. The van der Waals surface area contributed by atoms with Crippen molar-refractivity contribution in [3.05, 3.63) is 23.8 Å². The topological polar surface area (TPSA) is 38.8 Å². The molecule has 0 aliphatic carbocycles. The maximum absolute atomic E-state index is 11.3. The lowest BCUT2D eigenvalue weighted by molar-refractivity contribution is -0.120. The molecule has 2 rings (SSSR count). The Balaban J connectivity index is 2.34. The van der Waals surface area contributed by atoms with E-state index in [1.165, 1.54) is 6.42 Å². The standard InChI is InChI=1S/C15H21NO3/c1-18-12-7-8-13(15(10-12)19-2)14-6-4-3-5-9-16(14)11-17/h7-8,10-11,14H,3-6,9H2,1-2H3. The van der Waals surface area contributed by atoms with E-state index in [1.54, 1.807) is 14.2 Å². The van der Waals surface area contributed by atoms with Gasteiger partial charge < -0.3 is 14.4 Å². The lowest BCUT2D eigenvalue weighted by Gasteiger charge is -2.27. The van der Waals surface area contributed by atoms with Gasteiger partial charge in [-0.1, -0.05) is 12.8 Å². The van der Waals surface area contributed by atoms with Gasteiger partial charge >= 0.3 is 0 Å². The van der Waals surface area contributed by atoms with Gasteiger partial charge in [0.25, 0.3) is 0 Å². The van der Waals surface area contributed by atoms with Crippen LogP contribution >= 0.6 is 0 Å². The first-order valence-electron chi connectivity index (χ1n) is 6.73. The molecule has 0 bridgehead atoms. The zero-order chi connectivity index (χ0) is 13.7. The lowest BCUT2D eigenvalue weighted by atomic mass is 10.00. The zero-order valence-electron chi connectivity index (χ0n) is 11.6. The summed E-state index contributed by atoms with van der Waals surface area (Å²) in [7, 11) is 3.29. The number of carbonyl (C=O) groups excluding carboxylic acids is 1. The van der Waals surface area contributed by atoms with Crippen LogP contribution in [0, 0.1) is 0 Å². The molecule has 0 spiro atoms. The fourth-order valence-corrected chi connectivity index (χ4v) is 2.68. The third kappa shape index (κ3) is 3.00. The number of carbonyl (C=O) groups is 1. The van der Waals surface area contributed by atoms with Crippen LogP contribution < -0.4 is 9.47 Å². The highest BCUT2D eigenvalue weighted by Gasteiger charge is 2.24. The SMILES string of the molecule is COc1ccc(C2CCCCCN2C=O)c(OC)c1. The molecule has 1 aromatic carbocycles. The quantitative estimate of drug-likeness (QED) is 0.784. The molecular weight excluding hydrogens is 242 g/mol. The Kier molecular flexibility index (Phi) is 4.66. The van der Waals surface area contributed by atoms with Crippen molar-refractivity contribution in [1.29, 1.82) is 0 Å². The predicted octanol–water partition coefficient (Wildman–Crippen LogP) is 2.78. The molecule has 1 unspecified atom stereocenters. The molecule has 19 heavy (non-hydrogen) atoms. The summed E-state index contributed by atoms with van der Waals surface area (Å²) in [5.41, 5.74) is 1.07. The zero-order valence-corrected chi connectivity index (χ0v) is 11.6. The fraction of sp³-hybridized carbons (Fsp3) is 0.533. The first-order valence-corrected chi connectivity index (χ1v) is 6.73. The van der Waals surface area contributed by atoms with Gasteiger partial charge in [-0.2, -0.15) is 0 Å². The van der Waals surface area contributed by atoms with Gasteiger partial charge in [0, 0.05) is 18.2 Å². The van der Waals surface area contributed by atoms with Gasteiger partial charge in [0.15, 0.2) is 0 Å². The second-order valence-electron chi connectivity index (χ2n) is 4.82. The molecule has 1 aliphatic heterocycles. The van der Waals surface area contributed by atoms with E-state index >= 15 is 0 Å². The van der Waals surface area contributed by atoms with Gasteiger partial charge in [0.05, 0.1) is 20.3 Å². The molecule has 0 N–H and O–H groups in total. The van der Waals surface area contributed by atoms with Gasteiger partial charge in [0.2, 0.25) is 6.41 Å². The van der Waals surface area contributed by atoms with Gasteiger partial charge in [-0.25, -0.2) is 0 Å². The first-order chi connectivity index (χ1) is 9.30. The van der Waals surface area contributed by atoms with E-state index in [2.05, 4.69) is 0 Å². The molecule has 1 fully saturated rings. The molecule has 1 atom stereocenters. The second kappa shape index (κ2) is 6.45. The second-order valence-corrected chi connectivity index (χ2v) is 4.82. The van der Waals surface area contributed by atoms with Crippen molar-refractivity contribution in [2.24, 2.45) is 0 Å². The van der Waals surface area contributed by atoms with Crippen molar-refractivity contribution >= 4 is 6.41 Å². The van der Waals surface area contributed by atoms with Crippen LogP contribution in [-0.2, 0) is 4.79 Å². The van der Waals surface area contributed by atoms with E-state index in [0.29, 0.717) is 0 Å². The minimum absolute atomic E-state index is 0.112. The Morgan fingerprint density at radius 1 is 1.21 bits per heavy atom. The Hall–Kier alpha value is -1.71. The summed E-state index contributed by atoms with van der Waals surface area (Å²) in [5, 5.41) is 0. The van der Waals surface area contributed by atoms with E-state index in [-0.39, 0.29) is 6.04 Å². The number of amides is 1. The largest absolute Gasteiger partial charge is 0.497 e. The van der Waals surface area contributed by atoms with Crippen LogP contribution in [0.15, 0.2) is 18.2 Å². The number of ether oxygens (including phenoxy) is 2. The molecule has 1 amide bonds. The van der Waals surface area contributed by atoms with Gasteiger partial charge in [-0.3, -0.25) is 4.79 Å². The van der Waals surface area contributed by atoms with Crippen LogP contribution in [0.3, 0.4) is 0 Å². The monoisotopic (exact) mass is 263 g/mol. The van der Waals surface area contributed by atoms with Crippen molar-refractivity contribution in [1.82, 2.24) is 4.90 Å². The van der Waals surface area contributed by atoms with Crippen LogP contribution in [0.4, 0.5) is 0 Å². The summed E-state index contributed by atoms with van der Waals surface area (Å²) >= 11 is 0. The number of likely N-dealkylation sites (tertiary alicyclic amines) is 1. The third-order valence-electron chi connectivity index (χ3n) is 3.73. The molecular formula is C15H21NO3. The maximum Gasteiger partial charge on any atom is 0.210 e. The number of benzene rings is 1.